The van der Waals surface area contributed by atoms with Crippen molar-refractivity contribution in [1.82, 2.24) is 14.8 Å². The molecule has 0 saturated carbocycles. The number of nitrogens with zero attached hydrogens (tertiary/aromatic N) is 3. The van der Waals surface area contributed by atoms with Crippen molar-refractivity contribution < 1.29 is 42.2 Å². The van der Waals surface area contributed by atoms with Crippen molar-refractivity contribution in [1.29, 1.82) is 0 Å². The van der Waals surface area contributed by atoms with Crippen molar-refractivity contribution in [2.75, 3.05) is 19.9 Å². The third-order valence-electron chi connectivity index (χ3n) is 8.72. The maximum absolute atomic E-state index is 14.3. The van der Waals surface area contributed by atoms with Gasteiger partial charge < -0.3 is 33.8 Å². The van der Waals surface area contributed by atoms with Crippen molar-refractivity contribution in [3.05, 3.63) is 63.1 Å². The summed E-state index contributed by atoms with van der Waals surface area (Å²) in [4.78, 5) is 61.0. The minimum absolute atomic E-state index is 0.000370. The van der Waals surface area contributed by atoms with Crippen LogP contribution in [0.1, 0.15) is 98.2 Å². The molecule has 1 N–H and O–H groups in total. The first-order valence-corrected chi connectivity index (χ1v) is 15.5. The maximum Gasteiger partial charge on any atom is 0.511 e. The van der Waals surface area contributed by atoms with Crippen LogP contribution < -0.4 is 15.5 Å². The molecule has 2 amide bonds. The highest BCUT2D eigenvalue weighted by atomic mass is 19.1. The number of halogens is 2. The number of benzene rings is 1. The lowest BCUT2D eigenvalue weighted by Crippen LogP contribution is -2.52. The number of unbranched alkanes of at least 4 members (excludes halogenated alkanes) is 3. The van der Waals surface area contributed by atoms with Crippen LogP contribution in [0.25, 0.3) is 0 Å². The molecule has 1 fully saturated rings. The van der Waals surface area contributed by atoms with Crippen molar-refractivity contribution in [2.45, 2.75) is 89.9 Å². The molecule has 1 aromatic carbocycles. The molecule has 2 bridgehead atoms. The Morgan fingerprint density at radius 3 is 2.70 bits per heavy atom. The molecule has 248 valence electrons. The smallest absolute Gasteiger partial charge is 0.451 e. The zero-order chi connectivity index (χ0) is 33.0. The minimum atomic E-state index is -1.01. The molecule has 0 radical (unpaired) electrons. The van der Waals surface area contributed by atoms with Crippen LogP contribution in [0.5, 0.6) is 5.75 Å². The number of hydrogen-bond acceptors (Lipinski definition) is 9. The molecule has 12 nitrogen and oxygen atoms in total. The van der Waals surface area contributed by atoms with E-state index in [-0.39, 0.29) is 37.0 Å². The Kier molecular flexibility index (Phi) is 9.92. The predicted octanol–water partition coefficient (Wildman–Crippen LogP) is 4.84. The first kappa shape index (κ1) is 32.9. The molecule has 0 unspecified atom stereocenters. The second-order valence-corrected chi connectivity index (χ2v) is 12.0. The van der Waals surface area contributed by atoms with Crippen LogP contribution in [0.3, 0.4) is 0 Å². The van der Waals surface area contributed by atoms with Gasteiger partial charge in [-0.2, -0.15) is 0 Å². The summed E-state index contributed by atoms with van der Waals surface area (Å²) in [5.74, 6) is -3.51. The summed E-state index contributed by atoms with van der Waals surface area (Å²) in [5.41, 5.74) is -1.56. The maximum atomic E-state index is 14.3. The molecule has 46 heavy (non-hydrogen) atoms. The van der Waals surface area contributed by atoms with E-state index in [2.05, 4.69) is 17.4 Å². The molecule has 1 saturated heterocycles. The number of pyridine rings is 1. The first-order chi connectivity index (χ1) is 22.0. The number of carbonyl (C=O) groups is 3. The van der Waals surface area contributed by atoms with Gasteiger partial charge in [0, 0.05) is 43.4 Å². The Bertz CT molecular complexity index is 1590. The molecular weight excluding hydrogens is 606 g/mol. The fraction of sp³-hybridized carbons (Fsp3) is 0.531. The van der Waals surface area contributed by atoms with Crippen LogP contribution in [0.2, 0.25) is 0 Å². The average Bonchev–Trinajstić information content (AvgIpc) is 3.35. The normalized spacial score (nSPS) is 21.6. The lowest BCUT2D eigenvalue weighted by atomic mass is 9.84. The lowest BCUT2D eigenvalue weighted by molar-refractivity contribution is -0.0658. The minimum Gasteiger partial charge on any atom is -0.451 e. The van der Waals surface area contributed by atoms with E-state index < -0.39 is 64.8 Å². The number of rotatable bonds is 11. The monoisotopic (exact) mass is 644 g/mol. The number of fused-ring (bicyclic) bond motifs is 5. The van der Waals surface area contributed by atoms with Crippen molar-refractivity contribution in [2.24, 2.45) is 5.16 Å². The molecule has 1 aromatic heterocycles. The zero-order valence-corrected chi connectivity index (χ0v) is 26.1. The third kappa shape index (κ3) is 6.70. The average molecular weight is 645 g/mol. The number of aromatic nitrogens is 1. The summed E-state index contributed by atoms with van der Waals surface area (Å²) in [6.07, 6.45) is 5.45. The quantitative estimate of drug-likeness (QED) is 0.208. The second-order valence-electron chi connectivity index (χ2n) is 12.0. The Hall–Kier alpha value is -4.49. The van der Waals surface area contributed by atoms with Crippen LogP contribution in [-0.4, -0.2) is 64.7 Å². The van der Waals surface area contributed by atoms with E-state index >= 15 is 0 Å². The van der Waals surface area contributed by atoms with E-state index in [1.54, 1.807) is 4.90 Å². The fourth-order valence-corrected chi connectivity index (χ4v) is 6.20. The number of amides is 2. The van der Waals surface area contributed by atoms with Gasteiger partial charge in [-0.3, -0.25) is 14.4 Å². The third-order valence-corrected chi connectivity index (χ3v) is 8.72. The standard InChI is InChI=1S/C32H38F2N4O8/c1-4-5-6-7-12-43-31(42)45-18-44-28-26-30(41)37-17-25(32(11-10-20(37)3)14-19(2)36-46-32)38(26)16-23(27(28)39)29(40)35-15-21-8-9-22(33)13-24(21)34/h8-9,13,16,20,25H,4-7,10-12,14-15,17-18H2,1-3H3,(H,35,40)/t20-,25+,32-/m0/s1. The Morgan fingerprint density at radius 1 is 1.17 bits per heavy atom. The van der Waals surface area contributed by atoms with Gasteiger partial charge in [0.25, 0.3) is 11.8 Å². The summed E-state index contributed by atoms with van der Waals surface area (Å²) in [5, 5.41) is 6.69. The van der Waals surface area contributed by atoms with Gasteiger partial charge >= 0.3 is 6.16 Å². The number of ether oxygens (including phenoxy) is 3. The van der Waals surface area contributed by atoms with Gasteiger partial charge in [0.05, 0.1) is 18.4 Å². The van der Waals surface area contributed by atoms with Gasteiger partial charge in [0.15, 0.2) is 11.3 Å². The fourth-order valence-electron chi connectivity index (χ4n) is 6.20. The van der Waals surface area contributed by atoms with Gasteiger partial charge in [0.1, 0.15) is 17.2 Å². The van der Waals surface area contributed by atoms with E-state index in [1.807, 2.05) is 13.8 Å². The number of oxime groups is 1. The van der Waals surface area contributed by atoms with Crippen LogP contribution in [0.4, 0.5) is 13.6 Å². The van der Waals surface area contributed by atoms with Crippen molar-refractivity contribution >= 4 is 23.7 Å². The van der Waals surface area contributed by atoms with E-state index in [9.17, 15) is 28.0 Å². The van der Waals surface area contributed by atoms with Crippen molar-refractivity contribution in [3.63, 3.8) is 0 Å². The van der Waals surface area contributed by atoms with Gasteiger partial charge in [-0.1, -0.05) is 37.4 Å². The van der Waals surface area contributed by atoms with Crippen LogP contribution in [0.15, 0.2) is 34.3 Å². The summed E-state index contributed by atoms with van der Waals surface area (Å²) in [6.45, 7) is 5.07. The largest absolute Gasteiger partial charge is 0.511 e. The Morgan fingerprint density at radius 2 is 1.98 bits per heavy atom. The topological polar surface area (TPSA) is 138 Å². The van der Waals surface area contributed by atoms with Gasteiger partial charge in [0.2, 0.25) is 18.0 Å². The highest BCUT2D eigenvalue weighted by Gasteiger charge is 2.54. The van der Waals surface area contributed by atoms with Gasteiger partial charge in [-0.25, -0.2) is 13.6 Å². The van der Waals surface area contributed by atoms with Crippen LogP contribution >= 0.6 is 0 Å². The highest BCUT2D eigenvalue weighted by Crippen LogP contribution is 2.46. The molecule has 2 aromatic rings. The van der Waals surface area contributed by atoms with Gasteiger partial charge in [-0.05, 0) is 39.2 Å². The summed E-state index contributed by atoms with van der Waals surface area (Å²) < 4.78 is 44.9. The molecular formula is C32H38F2N4O8. The van der Waals surface area contributed by atoms with E-state index in [0.29, 0.717) is 31.7 Å². The van der Waals surface area contributed by atoms with Crippen LogP contribution in [-0.2, 0) is 20.9 Å². The predicted molar refractivity (Wildman–Crippen MR) is 161 cm³/mol. The Labute approximate surface area is 264 Å². The lowest BCUT2D eigenvalue weighted by Gasteiger charge is -2.42. The number of carbonyl (C=O) groups excluding carboxylic acids is 3. The summed E-state index contributed by atoms with van der Waals surface area (Å²) in [7, 11) is 0. The Balaban J connectivity index is 1.48. The van der Waals surface area contributed by atoms with E-state index in [1.165, 1.54) is 16.8 Å². The highest BCUT2D eigenvalue weighted by molar-refractivity contribution is 5.99. The molecule has 14 heteroatoms. The van der Waals surface area contributed by atoms with Crippen molar-refractivity contribution in [3.8, 4) is 5.75 Å². The number of hydrogen-bond donors (Lipinski definition) is 1. The molecule has 3 aliphatic heterocycles. The van der Waals surface area contributed by atoms with Gasteiger partial charge in [-0.15, -0.1) is 0 Å². The second kappa shape index (κ2) is 13.9. The van der Waals surface area contributed by atoms with Crippen LogP contribution in [0, 0.1) is 11.6 Å². The number of nitrogens with one attached hydrogen (secondary N) is 1. The van der Waals surface area contributed by atoms with E-state index in [0.717, 1.165) is 31.0 Å². The molecule has 4 heterocycles. The zero-order valence-electron chi connectivity index (χ0n) is 26.1. The summed E-state index contributed by atoms with van der Waals surface area (Å²) in [6, 6.07) is 2.15. The van der Waals surface area contributed by atoms with E-state index in [4.69, 9.17) is 19.0 Å². The molecule has 3 atom stereocenters. The first-order valence-electron chi connectivity index (χ1n) is 15.5. The molecule has 5 rings (SSSR count). The molecule has 1 spiro atoms. The molecule has 0 aliphatic carbocycles. The molecule has 3 aliphatic rings. The summed E-state index contributed by atoms with van der Waals surface area (Å²) >= 11 is 0. The SMILES string of the molecule is CCCCCCOC(=O)OCOc1c2n(cc(C(=O)NCc3ccc(F)cc3F)c1=O)[C@@H]1CN(C2=O)[C@@H](C)CC[C@]12CC(C)=NO2.